The van der Waals surface area contributed by atoms with Crippen molar-refractivity contribution in [3.8, 4) is 5.75 Å². The van der Waals surface area contributed by atoms with E-state index in [-0.39, 0.29) is 0 Å². The number of nitrogens with one attached hydrogen (secondary N) is 2. The van der Waals surface area contributed by atoms with Crippen LogP contribution in [0.2, 0.25) is 0 Å². The van der Waals surface area contributed by atoms with Crippen molar-refractivity contribution in [1.29, 1.82) is 0 Å². The summed E-state index contributed by atoms with van der Waals surface area (Å²) in [7, 11) is 1.63. The van der Waals surface area contributed by atoms with Gasteiger partial charge in [-0.05, 0) is 24.4 Å². The quantitative estimate of drug-likeness (QED) is 0.803. The smallest absolute Gasteiger partial charge is 0.176 e. The third-order valence-corrected chi connectivity index (χ3v) is 3.26. The average Bonchev–Trinajstić information content (AvgIpc) is 2.82. The molecule has 1 aliphatic heterocycles. The van der Waals surface area contributed by atoms with Crippen LogP contribution in [0.4, 0.5) is 5.69 Å². The number of hydrogen-bond donors (Lipinski definition) is 2. The maximum atomic E-state index is 5.23. The number of thioether (sulfide) groups is 1. The van der Waals surface area contributed by atoms with Crippen LogP contribution >= 0.6 is 24.0 Å². The molecule has 0 amide bonds. The highest BCUT2D eigenvalue weighted by Crippen LogP contribution is 2.22. The number of amidine groups is 1. The number of nitrogens with zero attached hydrogens (tertiary/aromatic N) is 1. The molecule has 17 heavy (non-hydrogen) atoms. The van der Waals surface area contributed by atoms with Crippen molar-refractivity contribution in [2.75, 3.05) is 24.7 Å². The molecule has 6 heteroatoms. The summed E-state index contributed by atoms with van der Waals surface area (Å²) in [5.41, 5.74) is 0.844. The van der Waals surface area contributed by atoms with Crippen LogP contribution in [0.25, 0.3) is 0 Å². The molecule has 0 saturated heterocycles. The highest BCUT2D eigenvalue weighted by Gasteiger charge is 2.09. The molecule has 0 radical (unpaired) electrons. The third-order valence-electron chi connectivity index (χ3n) is 2.16. The van der Waals surface area contributed by atoms with E-state index in [1.165, 1.54) is 0 Å². The number of anilines is 1. The molecule has 1 aromatic rings. The number of hydrogen-bond acceptors (Lipinski definition) is 4. The lowest BCUT2D eigenvalue weighted by Crippen LogP contribution is -2.31. The summed E-state index contributed by atoms with van der Waals surface area (Å²) in [6.45, 7) is 0.851. The summed E-state index contributed by atoms with van der Waals surface area (Å²) in [5.74, 6) is 1.78. The molecule has 0 bridgehead atoms. The van der Waals surface area contributed by atoms with E-state index in [0.29, 0.717) is 5.11 Å². The number of ether oxygens (including phenoxy) is 1. The first kappa shape index (κ1) is 12.2. The van der Waals surface area contributed by atoms with Gasteiger partial charge in [0.25, 0.3) is 0 Å². The van der Waals surface area contributed by atoms with Crippen LogP contribution < -0.4 is 15.4 Å². The van der Waals surface area contributed by atoms with Gasteiger partial charge in [0, 0.05) is 5.75 Å². The monoisotopic (exact) mass is 267 g/mol. The molecule has 0 atom stereocenters. The zero-order valence-corrected chi connectivity index (χ0v) is 11.0. The van der Waals surface area contributed by atoms with Gasteiger partial charge in [0.05, 0.1) is 19.3 Å². The maximum Gasteiger partial charge on any atom is 0.176 e. The molecule has 2 rings (SSSR count). The van der Waals surface area contributed by atoms with Crippen LogP contribution in [-0.2, 0) is 0 Å². The largest absolute Gasteiger partial charge is 0.495 e. The van der Waals surface area contributed by atoms with Crippen molar-refractivity contribution >= 4 is 39.9 Å². The van der Waals surface area contributed by atoms with Gasteiger partial charge in [-0.3, -0.25) is 4.99 Å². The van der Waals surface area contributed by atoms with Crippen LogP contribution in [-0.4, -0.2) is 29.7 Å². The molecule has 0 spiro atoms. The highest BCUT2D eigenvalue weighted by molar-refractivity contribution is 8.14. The average molecular weight is 267 g/mol. The lowest BCUT2D eigenvalue weighted by Gasteiger charge is -2.12. The fourth-order valence-corrected chi connectivity index (χ4v) is 2.41. The van der Waals surface area contributed by atoms with Crippen LogP contribution in [0.1, 0.15) is 0 Å². The van der Waals surface area contributed by atoms with Crippen molar-refractivity contribution < 1.29 is 4.74 Å². The van der Waals surface area contributed by atoms with Gasteiger partial charge in [-0.2, -0.15) is 0 Å². The standard InChI is InChI=1S/C11H13N3OS2/c1-15-9-5-3-2-4-8(9)13-10(16)14-11-12-6-7-17-11/h2-5H,6-7H2,1H3,(H2,12,13,14,16). The molecule has 0 aliphatic carbocycles. The lowest BCUT2D eigenvalue weighted by molar-refractivity contribution is 0.417. The third kappa shape index (κ3) is 3.34. The molecule has 0 unspecified atom stereocenters. The fourth-order valence-electron chi connectivity index (χ4n) is 1.41. The van der Waals surface area contributed by atoms with Gasteiger partial charge < -0.3 is 15.4 Å². The van der Waals surface area contributed by atoms with Gasteiger partial charge in [-0.1, -0.05) is 23.9 Å². The van der Waals surface area contributed by atoms with Crippen molar-refractivity contribution in [1.82, 2.24) is 5.32 Å². The van der Waals surface area contributed by atoms with Gasteiger partial charge in [0.15, 0.2) is 10.3 Å². The Labute approximate surface area is 110 Å². The first-order chi connectivity index (χ1) is 8.29. The molecule has 90 valence electrons. The zero-order valence-electron chi connectivity index (χ0n) is 9.40. The Morgan fingerprint density at radius 1 is 1.41 bits per heavy atom. The molecule has 0 aromatic heterocycles. The topological polar surface area (TPSA) is 45.6 Å². The SMILES string of the molecule is COc1ccccc1NC(=S)NC1=NCCS1. The number of para-hydroxylation sites is 2. The minimum absolute atomic E-state index is 0.530. The Hall–Kier alpha value is -1.27. The summed E-state index contributed by atoms with van der Waals surface area (Å²) in [6.07, 6.45) is 0. The van der Waals surface area contributed by atoms with Crippen molar-refractivity contribution in [2.45, 2.75) is 0 Å². The van der Waals surface area contributed by atoms with E-state index >= 15 is 0 Å². The molecule has 0 fully saturated rings. The molecule has 2 N–H and O–H groups in total. The van der Waals surface area contributed by atoms with Crippen molar-refractivity contribution in [2.24, 2.45) is 4.99 Å². The first-order valence-electron chi connectivity index (χ1n) is 5.18. The fraction of sp³-hybridized carbons (Fsp3) is 0.273. The molecule has 0 saturated carbocycles. The van der Waals surface area contributed by atoms with E-state index in [0.717, 1.165) is 28.9 Å². The first-order valence-corrected chi connectivity index (χ1v) is 6.57. The number of rotatable bonds is 2. The van der Waals surface area contributed by atoms with Crippen molar-refractivity contribution in [3.05, 3.63) is 24.3 Å². The second kappa shape index (κ2) is 5.88. The van der Waals surface area contributed by atoms with Gasteiger partial charge in [-0.15, -0.1) is 0 Å². The van der Waals surface area contributed by atoms with E-state index < -0.39 is 0 Å². The summed E-state index contributed by atoms with van der Waals surface area (Å²) in [4.78, 5) is 4.27. The predicted octanol–water partition coefficient (Wildman–Crippen LogP) is 2.08. The van der Waals surface area contributed by atoms with E-state index in [1.807, 2.05) is 24.3 Å². The van der Waals surface area contributed by atoms with Crippen LogP contribution in [0.3, 0.4) is 0 Å². The number of benzene rings is 1. The number of aliphatic imine (C=N–C) groups is 1. The highest BCUT2D eigenvalue weighted by atomic mass is 32.2. The minimum atomic E-state index is 0.530. The Bertz CT molecular complexity index is 448. The molecule has 4 nitrogen and oxygen atoms in total. The van der Waals surface area contributed by atoms with Crippen LogP contribution in [0.15, 0.2) is 29.3 Å². The molecular formula is C11H13N3OS2. The Balaban J connectivity index is 1.97. The lowest BCUT2D eigenvalue weighted by atomic mass is 10.3. The van der Waals surface area contributed by atoms with Gasteiger partial charge in [0.2, 0.25) is 0 Å². The van der Waals surface area contributed by atoms with E-state index in [1.54, 1.807) is 18.9 Å². The second-order valence-electron chi connectivity index (χ2n) is 3.31. The molecule has 1 heterocycles. The number of methoxy groups -OCH3 is 1. The van der Waals surface area contributed by atoms with Crippen LogP contribution in [0.5, 0.6) is 5.75 Å². The summed E-state index contributed by atoms with van der Waals surface area (Å²) in [5, 5.41) is 7.55. The Morgan fingerprint density at radius 2 is 2.24 bits per heavy atom. The zero-order chi connectivity index (χ0) is 12.1. The Kier molecular flexibility index (Phi) is 4.22. The maximum absolute atomic E-state index is 5.23. The molecule has 1 aromatic carbocycles. The summed E-state index contributed by atoms with van der Waals surface area (Å²) < 4.78 is 5.23. The van der Waals surface area contributed by atoms with Gasteiger partial charge >= 0.3 is 0 Å². The molecule has 1 aliphatic rings. The number of thiocarbonyl (C=S) groups is 1. The van der Waals surface area contributed by atoms with Gasteiger partial charge in [0.1, 0.15) is 5.75 Å². The van der Waals surface area contributed by atoms with E-state index in [9.17, 15) is 0 Å². The van der Waals surface area contributed by atoms with Crippen molar-refractivity contribution in [3.63, 3.8) is 0 Å². The Morgan fingerprint density at radius 3 is 2.94 bits per heavy atom. The second-order valence-corrected chi connectivity index (χ2v) is 4.81. The summed E-state index contributed by atoms with van der Waals surface area (Å²) in [6, 6.07) is 7.63. The van der Waals surface area contributed by atoms with Gasteiger partial charge in [-0.25, -0.2) is 0 Å². The minimum Gasteiger partial charge on any atom is -0.495 e. The van der Waals surface area contributed by atoms with E-state index in [2.05, 4.69) is 15.6 Å². The molecular weight excluding hydrogens is 254 g/mol. The van der Waals surface area contributed by atoms with Crippen LogP contribution in [0, 0.1) is 0 Å². The summed E-state index contributed by atoms with van der Waals surface area (Å²) >= 11 is 6.88. The van der Waals surface area contributed by atoms with E-state index in [4.69, 9.17) is 17.0 Å². The predicted molar refractivity (Wildman–Crippen MR) is 77.1 cm³/mol. The normalized spacial score (nSPS) is 14.1.